The lowest BCUT2D eigenvalue weighted by atomic mass is 10.2. The zero-order valence-corrected chi connectivity index (χ0v) is 20.0. The zero-order chi connectivity index (χ0) is 23.8. The molecular formula is C22H30N5O5P. The molecule has 2 unspecified atom stereocenters. The highest BCUT2D eigenvalue weighted by Crippen LogP contribution is 2.49. The Morgan fingerprint density at radius 3 is 2.67 bits per heavy atom. The summed E-state index contributed by atoms with van der Waals surface area (Å²) in [6.45, 7) is 6.19. The van der Waals surface area contributed by atoms with E-state index >= 15 is 0 Å². The topological polar surface area (TPSA) is 131 Å². The van der Waals surface area contributed by atoms with Crippen LogP contribution in [0.25, 0.3) is 11.2 Å². The summed E-state index contributed by atoms with van der Waals surface area (Å²) in [4.78, 5) is 24.7. The van der Waals surface area contributed by atoms with E-state index in [1.165, 1.54) is 6.33 Å². The van der Waals surface area contributed by atoms with Gasteiger partial charge in [-0.05, 0) is 25.5 Å². The number of anilines is 1. The van der Waals surface area contributed by atoms with E-state index in [-0.39, 0.29) is 18.6 Å². The molecule has 0 aliphatic carbocycles. The smallest absolute Gasteiger partial charge is 0.309 e. The molecule has 0 saturated heterocycles. The first-order valence-corrected chi connectivity index (χ1v) is 12.8. The Bertz CT molecular complexity index is 1110. The second-order valence-electron chi connectivity index (χ2n) is 7.90. The predicted octanol–water partition coefficient (Wildman–Crippen LogP) is 3.72. The van der Waals surface area contributed by atoms with E-state index in [1.54, 1.807) is 42.1 Å². The van der Waals surface area contributed by atoms with Crippen LogP contribution in [0.5, 0.6) is 5.75 Å². The summed E-state index contributed by atoms with van der Waals surface area (Å²) < 4.78 is 32.5. The fraction of sp³-hybridized carbons (Fsp3) is 0.455. The van der Waals surface area contributed by atoms with Crippen LogP contribution in [-0.4, -0.2) is 50.7 Å². The molecular weight excluding hydrogens is 445 g/mol. The molecule has 0 radical (unpaired) electrons. The van der Waals surface area contributed by atoms with Gasteiger partial charge in [0.2, 0.25) is 0 Å². The van der Waals surface area contributed by atoms with Crippen molar-refractivity contribution >= 4 is 30.3 Å². The number of carbonyl (C=O) groups is 1. The van der Waals surface area contributed by atoms with Crippen molar-refractivity contribution in [3.63, 3.8) is 0 Å². The number of carbonyl (C=O) groups excluding carboxylic acids is 1. The monoisotopic (exact) mass is 475 g/mol. The summed E-state index contributed by atoms with van der Waals surface area (Å²) in [6, 6.07) is 8.86. The quantitative estimate of drug-likeness (QED) is 0.307. The third-order valence-corrected chi connectivity index (χ3v) is 7.05. The first kappa shape index (κ1) is 24.7. The Hall–Kier alpha value is -2.97. The van der Waals surface area contributed by atoms with Crippen molar-refractivity contribution in [1.82, 2.24) is 19.5 Å². The minimum atomic E-state index is -3.38. The highest BCUT2D eigenvalue weighted by Gasteiger charge is 2.32. The maximum Gasteiger partial charge on any atom is 0.309 e. The summed E-state index contributed by atoms with van der Waals surface area (Å²) in [7, 11) is -3.38. The minimum absolute atomic E-state index is 0.00886. The largest absolute Gasteiger partial charge is 0.465 e. The molecule has 2 N–H and O–H groups in total. The molecule has 2 aromatic heterocycles. The van der Waals surface area contributed by atoms with Gasteiger partial charge < -0.3 is 24.3 Å². The van der Waals surface area contributed by atoms with Gasteiger partial charge in [0.05, 0.1) is 37.7 Å². The van der Waals surface area contributed by atoms with Crippen molar-refractivity contribution in [3.05, 3.63) is 43.0 Å². The molecule has 3 rings (SSSR count). The van der Waals surface area contributed by atoms with E-state index in [0.29, 0.717) is 35.9 Å². The van der Waals surface area contributed by atoms with Crippen LogP contribution in [0.1, 0.15) is 27.2 Å². The molecule has 33 heavy (non-hydrogen) atoms. The van der Waals surface area contributed by atoms with Crippen LogP contribution in [0.4, 0.5) is 5.82 Å². The summed E-state index contributed by atoms with van der Waals surface area (Å²) in [5.41, 5.74) is 6.95. The standard InChI is InChI=1S/C22H30N5O5P/c1-4-10-30-22(28)16(2)12-33(29,32-18-8-6-5-7-9-18)15-31-17(3)11-27-14-26-19-20(23)24-13-25-21(19)27/h5-9,13-14,16-17H,4,10-12,15H2,1-3H3,(H2,23,24,25)/t16?,17-,33?/m1/s1. The number of hydrogen-bond donors (Lipinski definition) is 1. The number of esters is 1. The van der Waals surface area contributed by atoms with Crippen LogP contribution in [0, 0.1) is 5.92 Å². The highest BCUT2D eigenvalue weighted by atomic mass is 31.2. The van der Waals surface area contributed by atoms with Gasteiger partial charge in [-0.25, -0.2) is 15.0 Å². The number of ether oxygens (including phenoxy) is 2. The molecule has 1 aromatic carbocycles. The van der Waals surface area contributed by atoms with E-state index in [2.05, 4.69) is 15.0 Å². The van der Waals surface area contributed by atoms with Crippen molar-refractivity contribution in [1.29, 1.82) is 0 Å². The minimum Gasteiger partial charge on any atom is -0.465 e. The van der Waals surface area contributed by atoms with Crippen LogP contribution in [0.15, 0.2) is 43.0 Å². The first-order valence-electron chi connectivity index (χ1n) is 10.8. The lowest BCUT2D eigenvalue weighted by Crippen LogP contribution is -2.23. The van der Waals surface area contributed by atoms with Crippen molar-refractivity contribution < 1.29 is 23.4 Å². The number of para-hydroxylation sites is 1. The van der Waals surface area contributed by atoms with Gasteiger partial charge in [0, 0.05) is 0 Å². The van der Waals surface area contributed by atoms with E-state index < -0.39 is 19.3 Å². The van der Waals surface area contributed by atoms with Crippen LogP contribution >= 0.6 is 7.37 Å². The molecule has 2 heterocycles. The Kier molecular flexibility index (Phi) is 8.41. The summed E-state index contributed by atoms with van der Waals surface area (Å²) in [6.07, 6.45) is 3.22. The Morgan fingerprint density at radius 1 is 1.18 bits per heavy atom. The number of fused-ring (bicyclic) bond motifs is 1. The van der Waals surface area contributed by atoms with Crippen LogP contribution in [0.2, 0.25) is 0 Å². The van der Waals surface area contributed by atoms with E-state index in [0.717, 1.165) is 6.42 Å². The second kappa shape index (κ2) is 11.2. The second-order valence-corrected chi connectivity index (χ2v) is 10.3. The van der Waals surface area contributed by atoms with Crippen molar-refractivity contribution in [2.45, 2.75) is 39.8 Å². The SMILES string of the molecule is CCCOC(=O)C(C)CP(=O)(CO[C@H](C)Cn1cnc2c(N)ncnc21)Oc1ccccc1. The molecule has 0 fully saturated rings. The predicted molar refractivity (Wildman–Crippen MR) is 125 cm³/mol. The number of imidazole rings is 1. The van der Waals surface area contributed by atoms with Crippen LogP contribution < -0.4 is 10.3 Å². The van der Waals surface area contributed by atoms with E-state index in [4.69, 9.17) is 19.7 Å². The Morgan fingerprint density at radius 2 is 1.94 bits per heavy atom. The van der Waals surface area contributed by atoms with Gasteiger partial charge in [0.1, 0.15) is 23.9 Å². The molecule has 0 amide bonds. The number of nitrogens with zero attached hydrogens (tertiary/aromatic N) is 4. The van der Waals surface area contributed by atoms with Crippen molar-refractivity contribution in [2.75, 3.05) is 24.9 Å². The van der Waals surface area contributed by atoms with Gasteiger partial charge in [-0.1, -0.05) is 32.0 Å². The normalized spacial score (nSPS) is 15.0. The molecule has 3 atom stereocenters. The molecule has 10 nitrogen and oxygen atoms in total. The lowest BCUT2D eigenvalue weighted by molar-refractivity contribution is -0.147. The Balaban J connectivity index is 1.68. The fourth-order valence-electron chi connectivity index (χ4n) is 3.23. The number of benzene rings is 1. The third kappa shape index (κ3) is 6.76. The third-order valence-electron chi connectivity index (χ3n) is 4.86. The molecule has 3 aromatic rings. The number of rotatable bonds is 12. The van der Waals surface area contributed by atoms with Gasteiger partial charge in [-0.15, -0.1) is 0 Å². The average molecular weight is 475 g/mol. The van der Waals surface area contributed by atoms with Gasteiger partial charge >= 0.3 is 5.97 Å². The number of aromatic nitrogens is 4. The fourth-order valence-corrected chi connectivity index (χ4v) is 5.43. The van der Waals surface area contributed by atoms with Gasteiger partial charge in [0.25, 0.3) is 7.37 Å². The van der Waals surface area contributed by atoms with Gasteiger partial charge in [-0.3, -0.25) is 9.36 Å². The van der Waals surface area contributed by atoms with Crippen LogP contribution in [0.3, 0.4) is 0 Å². The van der Waals surface area contributed by atoms with Crippen molar-refractivity contribution in [2.24, 2.45) is 5.92 Å². The zero-order valence-electron chi connectivity index (χ0n) is 19.1. The molecule has 0 spiro atoms. The van der Waals surface area contributed by atoms with E-state index in [9.17, 15) is 9.36 Å². The molecule has 0 bridgehead atoms. The van der Waals surface area contributed by atoms with E-state index in [1.807, 2.05) is 19.9 Å². The molecule has 0 aliphatic heterocycles. The summed E-state index contributed by atoms with van der Waals surface area (Å²) >= 11 is 0. The lowest BCUT2D eigenvalue weighted by Gasteiger charge is -2.24. The maximum atomic E-state index is 13.7. The number of nitrogen functional groups attached to an aromatic ring is 1. The van der Waals surface area contributed by atoms with Gasteiger partial charge in [0.15, 0.2) is 11.5 Å². The average Bonchev–Trinajstić information content (AvgIpc) is 3.20. The molecule has 0 aliphatic rings. The number of nitrogens with two attached hydrogens (primary N) is 1. The maximum absolute atomic E-state index is 13.7. The van der Waals surface area contributed by atoms with Gasteiger partial charge in [-0.2, -0.15) is 0 Å². The molecule has 0 saturated carbocycles. The van der Waals surface area contributed by atoms with Crippen LogP contribution in [-0.2, 0) is 25.4 Å². The number of hydrogen-bond acceptors (Lipinski definition) is 9. The first-order chi connectivity index (χ1) is 15.8. The molecule has 178 valence electrons. The Labute approximate surface area is 192 Å². The summed E-state index contributed by atoms with van der Waals surface area (Å²) in [5, 5.41) is 0. The van der Waals surface area contributed by atoms with Crippen molar-refractivity contribution in [3.8, 4) is 5.75 Å². The molecule has 11 heteroatoms. The summed E-state index contributed by atoms with van der Waals surface area (Å²) in [5.74, 6) is -0.234. The highest BCUT2D eigenvalue weighted by molar-refractivity contribution is 7.59.